The van der Waals surface area contributed by atoms with Crippen molar-refractivity contribution in [3.8, 4) is 5.75 Å². The Hall–Kier alpha value is -2.12. The van der Waals surface area contributed by atoms with Crippen molar-refractivity contribution in [1.82, 2.24) is 9.80 Å². The highest BCUT2D eigenvalue weighted by molar-refractivity contribution is 5.77. The zero-order valence-electron chi connectivity index (χ0n) is 16.6. The normalized spacial score (nSPS) is 26.1. The van der Waals surface area contributed by atoms with Crippen molar-refractivity contribution < 1.29 is 24.5 Å². The number of aliphatic hydroxyl groups excluding tert-OH is 2. The van der Waals surface area contributed by atoms with Gasteiger partial charge in [-0.15, -0.1) is 0 Å². The summed E-state index contributed by atoms with van der Waals surface area (Å²) in [6.45, 7) is 3.15. The molecule has 1 fully saturated rings. The zero-order valence-corrected chi connectivity index (χ0v) is 16.6. The second kappa shape index (κ2) is 8.49. The first-order valence-corrected chi connectivity index (χ1v) is 9.86. The number of fused-ring (bicyclic) bond motifs is 1. The molecule has 2 aliphatic rings. The van der Waals surface area contributed by atoms with Crippen LogP contribution in [0.2, 0.25) is 0 Å². The van der Waals surface area contributed by atoms with Crippen LogP contribution in [0.5, 0.6) is 5.75 Å². The third-order valence-electron chi connectivity index (χ3n) is 6.11. The minimum Gasteiger partial charge on any atom is -0.483 e. The highest BCUT2D eigenvalue weighted by Gasteiger charge is 2.40. The third-order valence-corrected chi connectivity index (χ3v) is 6.11. The quantitative estimate of drug-likeness (QED) is 0.685. The summed E-state index contributed by atoms with van der Waals surface area (Å²) in [6.07, 6.45) is 0.182. The van der Waals surface area contributed by atoms with E-state index in [1.54, 1.807) is 29.8 Å². The molecule has 0 aromatic heterocycles. The number of carbonyl (C=O) groups is 2. The van der Waals surface area contributed by atoms with Crippen LogP contribution in [0.4, 0.5) is 0 Å². The van der Waals surface area contributed by atoms with Crippen molar-refractivity contribution in [3.63, 3.8) is 0 Å². The maximum Gasteiger partial charge on any atom is 0.260 e. The number of ether oxygens (including phenoxy) is 1. The molecule has 0 saturated carbocycles. The SMILES string of the molecule is CC(=O)N1CCC2(CC1)C[C@@H](O)[C@@H](O)Cc1ccccc1OCC(=O)N(C)C2. The lowest BCUT2D eigenvalue weighted by Gasteiger charge is -2.45. The van der Waals surface area contributed by atoms with Gasteiger partial charge < -0.3 is 24.7 Å². The molecule has 1 aromatic rings. The smallest absolute Gasteiger partial charge is 0.260 e. The number of rotatable bonds is 0. The highest BCUT2D eigenvalue weighted by atomic mass is 16.5. The predicted molar refractivity (Wildman–Crippen MR) is 104 cm³/mol. The summed E-state index contributed by atoms with van der Waals surface area (Å²) < 4.78 is 5.71. The lowest BCUT2D eigenvalue weighted by Crippen LogP contribution is -2.51. The van der Waals surface area contributed by atoms with Crippen LogP contribution in [0.25, 0.3) is 0 Å². The van der Waals surface area contributed by atoms with Crippen LogP contribution in [0.3, 0.4) is 0 Å². The van der Waals surface area contributed by atoms with Gasteiger partial charge >= 0.3 is 0 Å². The van der Waals surface area contributed by atoms with Crippen molar-refractivity contribution in [2.24, 2.45) is 5.41 Å². The number of likely N-dealkylation sites (tertiary alicyclic amines) is 1. The molecule has 28 heavy (non-hydrogen) atoms. The van der Waals surface area contributed by atoms with E-state index in [2.05, 4.69) is 0 Å². The van der Waals surface area contributed by atoms with Gasteiger partial charge in [0, 0.05) is 40.0 Å². The van der Waals surface area contributed by atoms with Crippen LogP contribution in [0.15, 0.2) is 24.3 Å². The average molecular weight is 390 g/mol. The summed E-state index contributed by atoms with van der Waals surface area (Å²) in [5.41, 5.74) is 0.431. The van der Waals surface area contributed by atoms with Crippen molar-refractivity contribution in [2.75, 3.05) is 33.3 Å². The van der Waals surface area contributed by atoms with Crippen molar-refractivity contribution in [3.05, 3.63) is 29.8 Å². The number of para-hydroxylation sites is 1. The lowest BCUT2D eigenvalue weighted by molar-refractivity contribution is -0.138. The number of piperidine rings is 1. The number of carbonyl (C=O) groups excluding carboxylic acids is 2. The number of likely N-dealkylation sites (N-methyl/N-ethyl adjacent to an activating group) is 1. The summed E-state index contributed by atoms with van der Waals surface area (Å²) in [5.74, 6) is 0.470. The van der Waals surface area contributed by atoms with Gasteiger partial charge in [0.25, 0.3) is 5.91 Å². The molecule has 0 aliphatic carbocycles. The van der Waals surface area contributed by atoms with Gasteiger partial charge in [-0.1, -0.05) is 18.2 Å². The Labute approximate surface area is 165 Å². The van der Waals surface area contributed by atoms with Crippen molar-refractivity contribution in [2.45, 2.75) is 44.8 Å². The first-order chi connectivity index (χ1) is 13.3. The molecule has 0 radical (unpaired) electrons. The number of benzene rings is 1. The Balaban J connectivity index is 1.84. The number of aliphatic hydroxyl groups is 2. The molecule has 2 N–H and O–H groups in total. The van der Waals surface area contributed by atoms with Crippen LogP contribution < -0.4 is 4.74 Å². The summed E-state index contributed by atoms with van der Waals surface area (Å²) >= 11 is 0. The maximum absolute atomic E-state index is 12.6. The van der Waals surface area contributed by atoms with Gasteiger partial charge in [-0.05, 0) is 36.3 Å². The summed E-state index contributed by atoms with van der Waals surface area (Å²) in [5, 5.41) is 21.4. The molecule has 2 amide bonds. The minimum absolute atomic E-state index is 0.0398. The Morgan fingerprint density at radius 3 is 2.54 bits per heavy atom. The number of nitrogens with zero attached hydrogens (tertiary/aromatic N) is 2. The molecule has 2 aliphatic heterocycles. The van der Waals surface area contributed by atoms with Crippen molar-refractivity contribution >= 4 is 11.8 Å². The summed E-state index contributed by atoms with van der Waals surface area (Å²) in [4.78, 5) is 27.7. The minimum atomic E-state index is -0.923. The van der Waals surface area contributed by atoms with Gasteiger partial charge in [-0.3, -0.25) is 9.59 Å². The van der Waals surface area contributed by atoms with Crippen LogP contribution in [-0.4, -0.2) is 77.3 Å². The number of hydrogen-bond donors (Lipinski definition) is 2. The molecule has 154 valence electrons. The second-order valence-electron chi connectivity index (χ2n) is 8.20. The first kappa shape index (κ1) is 20.6. The lowest BCUT2D eigenvalue weighted by atomic mass is 9.72. The van der Waals surface area contributed by atoms with E-state index in [-0.39, 0.29) is 30.3 Å². The Kier molecular flexibility index (Phi) is 6.25. The van der Waals surface area contributed by atoms with Crippen LogP contribution in [0, 0.1) is 5.41 Å². The molecule has 2 atom stereocenters. The van der Waals surface area contributed by atoms with Crippen LogP contribution >= 0.6 is 0 Å². The molecule has 1 saturated heterocycles. The molecular formula is C21H30N2O5. The molecule has 0 unspecified atom stereocenters. The third kappa shape index (κ3) is 4.64. The summed E-state index contributed by atoms with van der Waals surface area (Å²) in [6, 6.07) is 7.28. The van der Waals surface area contributed by atoms with Crippen LogP contribution in [0.1, 0.15) is 31.7 Å². The van der Waals surface area contributed by atoms with Crippen LogP contribution in [-0.2, 0) is 16.0 Å². The van der Waals surface area contributed by atoms with Gasteiger partial charge in [-0.2, -0.15) is 0 Å². The molecule has 7 heteroatoms. The fraction of sp³-hybridized carbons (Fsp3) is 0.619. The van der Waals surface area contributed by atoms with Gasteiger partial charge in [0.15, 0.2) is 6.61 Å². The topological polar surface area (TPSA) is 90.3 Å². The Morgan fingerprint density at radius 1 is 1.18 bits per heavy atom. The van der Waals surface area contributed by atoms with E-state index in [0.29, 0.717) is 44.6 Å². The van der Waals surface area contributed by atoms with E-state index in [1.807, 2.05) is 18.2 Å². The molecule has 1 aromatic carbocycles. The largest absolute Gasteiger partial charge is 0.483 e. The van der Waals surface area contributed by atoms with Gasteiger partial charge in [0.1, 0.15) is 5.75 Å². The van der Waals surface area contributed by atoms with E-state index in [4.69, 9.17) is 4.74 Å². The van der Waals surface area contributed by atoms with Gasteiger partial charge in [0.05, 0.1) is 12.2 Å². The van der Waals surface area contributed by atoms with E-state index < -0.39 is 12.2 Å². The molecule has 1 spiro atoms. The monoisotopic (exact) mass is 390 g/mol. The Bertz CT molecular complexity index is 715. The molecule has 7 nitrogen and oxygen atoms in total. The molecular weight excluding hydrogens is 360 g/mol. The standard InChI is InChI=1S/C21H30N2O5/c1-15(24)23-9-7-21(8-10-23)12-18(26)17(25)11-16-5-3-4-6-19(16)28-13-20(27)22(2)14-21/h3-6,17-18,25-26H,7-14H2,1-2H3/t17-,18+/m0/s1. The van der Waals surface area contributed by atoms with E-state index >= 15 is 0 Å². The number of amides is 2. The highest BCUT2D eigenvalue weighted by Crippen LogP contribution is 2.38. The second-order valence-corrected chi connectivity index (χ2v) is 8.20. The summed E-state index contributed by atoms with van der Waals surface area (Å²) in [7, 11) is 1.74. The van der Waals surface area contributed by atoms with E-state index in [0.717, 1.165) is 5.56 Å². The molecule has 0 bridgehead atoms. The molecule has 3 rings (SSSR count). The zero-order chi connectivity index (χ0) is 20.3. The fourth-order valence-corrected chi connectivity index (χ4v) is 4.32. The van der Waals surface area contributed by atoms with E-state index in [9.17, 15) is 19.8 Å². The predicted octanol–water partition coefficient (Wildman–Crippen LogP) is 0.820. The maximum atomic E-state index is 12.6. The van der Waals surface area contributed by atoms with E-state index in [1.165, 1.54) is 0 Å². The molecule has 2 heterocycles. The van der Waals surface area contributed by atoms with Gasteiger partial charge in [0.2, 0.25) is 5.91 Å². The average Bonchev–Trinajstić information content (AvgIpc) is 2.66. The number of hydrogen-bond acceptors (Lipinski definition) is 5. The first-order valence-electron chi connectivity index (χ1n) is 9.86. The van der Waals surface area contributed by atoms with Crippen molar-refractivity contribution in [1.29, 1.82) is 0 Å². The Morgan fingerprint density at radius 2 is 1.86 bits per heavy atom. The fourth-order valence-electron chi connectivity index (χ4n) is 4.32. The van der Waals surface area contributed by atoms with Gasteiger partial charge in [-0.25, -0.2) is 0 Å².